The molecule has 1 aliphatic heterocycles. The second-order valence-corrected chi connectivity index (χ2v) is 5.78. The highest BCUT2D eigenvalue weighted by Gasteiger charge is 2.30. The van der Waals surface area contributed by atoms with Gasteiger partial charge in [0, 0.05) is 48.8 Å². The molecule has 0 spiro atoms. The number of rotatable bonds is 3. The van der Waals surface area contributed by atoms with E-state index in [1.54, 1.807) is 6.20 Å². The van der Waals surface area contributed by atoms with Gasteiger partial charge in [0.15, 0.2) is 0 Å². The third-order valence-corrected chi connectivity index (χ3v) is 4.08. The highest BCUT2D eigenvalue weighted by Crippen LogP contribution is 2.25. The molecule has 2 heterocycles. The van der Waals surface area contributed by atoms with Gasteiger partial charge >= 0.3 is 0 Å². The lowest BCUT2D eigenvalue weighted by atomic mass is 10.1. The van der Waals surface area contributed by atoms with Gasteiger partial charge in [0.2, 0.25) is 0 Å². The van der Waals surface area contributed by atoms with E-state index in [2.05, 4.69) is 9.88 Å². The summed E-state index contributed by atoms with van der Waals surface area (Å²) in [4.78, 5) is 6.56. The molecule has 20 heavy (non-hydrogen) atoms. The maximum Gasteiger partial charge on any atom is 0.0747 e. The fourth-order valence-electron chi connectivity index (χ4n) is 2.84. The summed E-state index contributed by atoms with van der Waals surface area (Å²) in [5, 5.41) is 20.8. The third kappa shape index (κ3) is 2.65. The van der Waals surface area contributed by atoms with Gasteiger partial charge in [-0.05, 0) is 23.8 Å². The number of halogens is 1. The van der Waals surface area contributed by atoms with Crippen LogP contribution >= 0.6 is 11.6 Å². The molecule has 3 rings (SSSR count). The molecule has 0 amide bonds. The summed E-state index contributed by atoms with van der Waals surface area (Å²) in [6, 6.07) is 7.72. The molecular formula is C15H17ClN2O2. The van der Waals surface area contributed by atoms with Crippen LogP contribution in [0.3, 0.4) is 0 Å². The van der Waals surface area contributed by atoms with E-state index in [0.29, 0.717) is 24.7 Å². The summed E-state index contributed by atoms with van der Waals surface area (Å²) < 4.78 is 0. The standard InChI is InChI=1S/C15H17ClN2O2/c16-13-4-10-2-1-3-17-15(10)11(5-13)6-18-7-12(9-19)14(20)8-18/h1-5,12,14,19-20H,6-9H2. The van der Waals surface area contributed by atoms with E-state index in [1.165, 1.54) is 0 Å². The van der Waals surface area contributed by atoms with Crippen LogP contribution in [0.1, 0.15) is 5.56 Å². The fraction of sp³-hybridized carbons (Fsp3) is 0.400. The van der Waals surface area contributed by atoms with Crippen molar-refractivity contribution in [1.29, 1.82) is 0 Å². The summed E-state index contributed by atoms with van der Waals surface area (Å²) in [5.74, 6) is -0.0617. The average molecular weight is 293 g/mol. The predicted molar refractivity (Wildman–Crippen MR) is 78.6 cm³/mol. The van der Waals surface area contributed by atoms with Crippen molar-refractivity contribution in [1.82, 2.24) is 9.88 Å². The molecule has 2 aromatic rings. The first kappa shape index (κ1) is 13.8. The van der Waals surface area contributed by atoms with Gasteiger partial charge in [-0.2, -0.15) is 0 Å². The zero-order chi connectivity index (χ0) is 14.1. The Bertz CT molecular complexity index is 620. The van der Waals surface area contributed by atoms with E-state index in [1.807, 2.05) is 24.3 Å². The molecule has 2 N–H and O–H groups in total. The molecule has 0 radical (unpaired) electrons. The van der Waals surface area contributed by atoms with Crippen molar-refractivity contribution in [2.24, 2.45) is 5.92 Å². The normalized spacial score (nSPS) is 23.6. The second kappa shape index (κ2) is 5.66. The maximum absolute atomic E-state index is 9.86. The number of fused-ring (bicyclic) bond motifs is 1. The number of hydrogen-bond acceptors (Lipinski definition) is 4. The van der Waals surface area contributed by atoms with Crippen molar-refractivity contribution in [2.45, 2.75) is 12.6 Å². The first-order valence-electron chi connectivity index (χ1n) is 6.72. The Kier molecular flexibility index (Phi) is 3.89. The molecule has 1 fully saturated rings. The third-order valence-electron chi connectivity index (χ3n) is 3.86. The highest BCUT2D eigenvalue weighted by atomic mass is 35.5. The molecule has 2 atom stereocenters. The van der Waals surface area contributed by atoms with Gasteiger partial charge in [0.1, 0.15) is 0 Å². The molecule has 1 aromatic carbocycles. The Morgan fingerprint density at radius 2 is 2.20 bits per heavy atom. The number of aliphatic hydroxyl groups is 2. The van der Waals surface area contributed by atoms with Crippen molar-refractivity contribution in [3.05, 3.63) is 41.0 Å². The van der Waals surface area contributed by atoms with Crippen LogP contribution in [0.5, 0.6) is 0 Å². The number of aromatic nitrogens is 1. The van der Waals surface area contributed by atoms with Crippen molar-refractivity contribution >= 4 is 22.5 Å². The second-order valence-electron chi connectivity index (χ2n) is 5.34. The van der Waals surface area contributed by atoms with Gasteiger partial charge in [-0.3, -0.25) is 9.88 Å². The summed E-state index contributed by atoms with van der Waals surface area (Å²) in [7, 11) is 0. The smallest absolute Gasteiger partial charge is 0.0747 e. The number of nitrogens with zero attached hydrogens (tertiary/aromatic N) is 2. The molecule has 0 saturated carbocycles. The molecule has 1 aliphatic rings. The number of likely N-dealkylation sites (tertiary alicyclic amines) is 1. The predicted octanol–water partition coefficient (Wildman–Crippen LogP) is 1.67. The van der Waals surface area contributed by atoms with Crippen LogP contribution in [0, 0.1) is 5.92 Å². The Hall–Kier alpha value is -1.20. The first-order valence-corrected chi connectivity index (χ1v) is 7.09. The summed E-state index contributed by atoms with van der Waals surface area (Å²) in [6.45, 7) is 1.97. The lowest BCUT2D eigenvalue weighted by molar-refractivity contribution is 0.103. The van der Waals surface area contributed by atoms with Gasteiger partial charge in [-0.1, -0.05) is 17.7 Å². The van der Waals surface area contributed by atoms with Crippen LogP contribution in [0.15, 0.2) is 30.5 Å². The van der Waals surface area contributed by atoms with Crippen molar-refractivity contribution in [2.75, 3.05) is 19.7 Å². The number of β-amino-alcohol motifs (C(OH)–C–C–N with tert-alkyl or cyclic N) is 1. The molecule has 1 aromatic heterocycles. The van der Waals surface area contributed by atoms with Gasteiger partial charge in [0.25, 0.3) is 0 Å². The van der Waals surface area contributed by atoms with E-state index >= 15 is 0 Å². The summed E-state index contributed by atoms with van der Waals surface area (Å²) >= 11 is 6.16. The van der Waals surface area contributed by atoms with E-state index in [0.717, 1.165) is 16.5 Å². The molecule has 1 saturated heterocycles. The lowest BCUT2D eigenvalue weighted by Crippen LogP contribution is -2.21. The van der Waals surface area contributed by atoms with Crippen LogP contribution < -0.4 is 0 Å². The summed E-state index contributed by atoms with van der Waals surface area (Å²) in [5.41, 5.74) is 2.00. The number of pyridine rings is 1. The van der Waals surface area contributed by atoms with Gasteiger partial charge in [0.05, 0.1) is 11.6 Å². The molecule has 106 valence electrons. The number of hydrogen-bond donors (Lipinski definition) is 2. The Labute approximate surface area is 122 Å². The van der Waals surface area contributed by atoms with Gasteiger partial charge in [-0.15, -0.1) is 0 Å². The molecule has 4 nitrogen and oxygen atoms in total. The number of benzene rings is 1. The fourth-order valence-corrected chi connectivity index (χ4v) is 3.09. The van der Waals surface area contributed by atoms with Gasteiger partial charge in [-0.25, -0.2) is 0 Å². The minimum atomic E-state index is -0.460. The highest BCUT2D eigenvalue weighted by molar-refractivity contribution is 6.31. The zero-order valence-electron chi connectivity index (χ0n) is 11.0. The molecule has 2 unspecified atom stereocenters. The van der Waals surface area contributed by atoms with E-state index < -0.39 is 6.10 Å². The monoisotopic (exact) mass is 292 g/mol. The topological polar surface area (TPSA) is 56.6 Å². The largest absolute Gasteiger partial charge is 0.396 e. The zero-order valence-corrected chi connectivity index (χ0v) is 11.8. The lowest BCUT2D eigenvalue weighted by Gasteiger charge is -2.16. The van der Waals surface area contributed by atoms with Crippen LogP contribution in [0.2, 0.25) is 5.02 Å². The van der Waals surface area contributed by atoms with Crippen LogP contribution in [0.25, 0.3) is 10.9 Å². The first-order chi connectivity index (χ1) is 9.67. The molecular weight excluding hydrogens is 276 g/mol. The minimum Gasteiger partial charge on any atom is -0.396 e. The SMILES string of the molecule is OCC1CN(Cc2cc(Cl)cc3cccnc23)CC1O. The maximum atomic E-state index is 9.86. The molecule has 5 heteroatoms. The Morgan fingerprint density at radius 1 is 1.35 bits per heavy atom. The van der Waals surface area contributed by atoms with Crippen LogP contribution in [0.4, 0.5) is 0 Å². The minimum absolute atomic E-state index is 0.0200. The van der Waals surface area contributed by atoms with E-state index in [-0.39, 0.29) is 12.5 Å². The Balaban J connectivity index is 1.88. The quantitative estimate of drug-likeness (QED) is 0.904. The van der Waals surface area contributed by atoms with Crippen molar-refractivity contribution in [3.8, 4) is 0 Å². The van der Waals surface area contributed by atoms with Gasteiger partial charge < -0.3 is 10.2 Å². The van der Waals surface area contributed by atoms with Crippen LogP contribution in [-0.2, 0) is 6.54 Å². The number of aliphatic hydroxyl groups excluding tert-OH is 2. The van der Waals surface area contributed by atoms with Crippen molar-refractivity contribution < 1.29 is 10.2 Å². The van der Waals surface area contributed by atoms with Crippen LogP contribution in [-0.4, -0.2) is 45.9 Å². The Morgan fingerprint density at radius 3 is 2.95 bits per heavy atom. The van der Waals surface area contributed by atoms with E-state index in [9.17, 15) is 10.2 Å². The van der Waals surface area contributed by atoms with E-state index in [4.69, 9.17) is 11.6 Å². The molecule has 0 aliphatic carbocycles. The average Bonchev–Trinajstić information content (AvgIpc) is 2.78. The van der Waals surface area contributed by atoms with Crippen molar-refractivity contribution in [3.63, 3.8) is 0 Å². The summed E-state index contributed by atoms with van der Waals surface area (Å²) in [6.07, 6.45) is 1.31. The molecule has 0 bridgehead atoms.